The van der Waals surface area contributed by atoms with Gasteiger partial charge in [-0.25, -0.2) is 4.68 Å². The van der Waals surface area contributed by atoms with Crippen LogP contribution in [-0.4, -0.2) is 73.0 Å². The van der Waals surface area contributed by atoms with Gasteiger partial charge in [0.1, 0.15) is 0 Å². The molecule has 0 spiro atoms. The summed E-state index contributed by atoms with van der Waals surface area (Å²) in [5, 5.41) is 7.96. The lowest BCUT2D eigenvalue weighted by Gasteiger charge is -2.37. The van der Waals surface area contributed by atoms with Crippen LogP contribution in [0.1, 0.15) is 11.3 Å². The van der Waals surface area contributed by atoms with Crippen molar-refractivity contribution in [1.82, 2.24) is 24.9 Å². The third kappa shape index (κ3) is 3.31. The predicted octanol–water partition coefficient (Wildman–Crippen LogP) is 0.0725. The molecular weight excluding hydrogens is 254 g/mol. The first kappa shape index (κ1) is 15.3. The summed E-state index contributed by atoms with van der Waals surface area (Å²) in [5.41, 5.74) is 2.19. The molecule has 1 unspecified atom stereocenters. The molecule has 0 amide bonds. The standard InChI is InChI=1S/C14H27N5O/c1-11-13(14(20-5)19(4)16-11)9-15-8-12-10-17(2)6-7-18(12)3/h12,15H,6-10H2,1-5H3. The van der Waals surface area contributed by atoms with E-state index >= 15 is 0 Å². The second-order valence-electron chi connectivity index (χ2n) is 5.72. The molecule has 1 fully saturated rings. The Hall–Kier alpha value is -1.11. The van der Waals surface area contributed by atoms with E-state index in [1.54, 1.807) is 11.8 Å². The average Bonchev–Trinajstić information content (AvgIpc) is 2.68. The highest BCUT2D eigenvalue weighted by Crippen LogP contribution is 2.20. The van der Waals surface area contributed by atoms with Crippen molar-refractivity contribution >= 4 is 0 Å². The molecule has 2 heterocycles. The molecule has 114 valence electrons. The number of hydrogen-bond acceptors (Lipinski definition) is 5. The second-order valence-corrected chi connectivity index (χ2v) is 5.72. The Morgan fingerprint density at radius 1 is 1.30 bits per heavy atom. The molecule has 0 radical (unpaired) electrons. The summed E-state index contributed by atoms with van der Waals surface area (Å²) in [6.07, 6.45) is 0. The fraction of sp³-hybridized carbons (Fsp3) is 0.786. The predicted molar refractivity (Wildman–Crippen MR) is 80.1 cm³/mol. The van der Waals surface area contributed by atoms with Crippen molar-refractivity contribution < 1.29 is 4.74 Å². The third-order valence-corrected chi connectivity index (χ3v) is 4.14. The zero-order chi connectivity index (χ0) is 14.7. The van der Waals surface area contributed by atoms with Crippen LogP contribution in [0.2, 0.25) is 0 Å². The zero-order valence-electron chi connectivity index (χ0n) is 13.3. The number of piperazine rings is 1. The van der Waals surface area contributed by atoms with Crippen molar-refractivity contribution in [2.24, 2.45) is 7.05 Å². The van der Waals surface area contributed by atoms with Crippen LogP contribution in [0.5, 0.6) is 5.88 Å². The number of aromatic nitrogens is 2. The molecule has 1 aromatic heterocycles. The number of rotatable bonds is 5. The maximum absolute atomic E-state index is 5.42. The molecule has 1 aromatic rings. The monoisotopic (exact) mass is 281 g/mol. The highest BCUT2D eigenvalue weighted by Gasteiger charge is 2.22. The molecule has 0 aromatic carbocycles. The number of aryl methyl sites for hydroxylation is 2. The van der Waals surface area contributed by atoms with Gasteiger partial charge in [0.2, 0.25) is 5.88 Å². The van der Waals surface area contributed by atoms with Crippen molar-refractivity contribution in [2.75, 3.05) is 47.4 Å². The molecule has 1 aliphatic rings. The Bertz CT molecular complexity index is 445. The van der Waals surface area contributed by atoms with Gasteiger partial charge in [-0.05, 0) is 21.0 Å². The van der Waals surface area contributed by atoms with Gasteiger partial charge in [0.05, 0.1) is 18.4 Å². The lowest BCUT2D eigenvalue weighted by Crippen LogP contribution is -2.53. The molecule has 20 heavy (non-hydrogen) atoms. The van der Waals surface area contributed by atoms with E-state index in [9.17, 15) is 0 Å². The van der Waals surface area contributed by atoms with Gasteiger partial charge in [0, 0.05) is 45.8 Å². The van der Waals surface area contributed by atoms with Crippen molar-refractivity contribution in [3.63, 3.8) is 0 Å². The van der Waals surface area contributed by atoms with Crippen molar-refractivity contribution in [3.05, 3.63) is 11.3 Å². The SMILES string of the molecule is COc1c(CNCC2CN(C)CCN2C)c(C)nn1C. The summed E-state index contributed by atoms with van der Waals surface area (Å²) < 4.78 is 7.22. The minimum absolute atomic E-state index is 0.566. The van der Waals surface area contributed by atoms with Crippen molar-refractivity contribution in [2.45, 2.75) is 19.5 Å². The molecule has 6 nitrogen and oxygen atoms in total. The Balaban J connectivity index is 1.89. The van der Waals surface area contributed by atoms with Gasteiger partial charge in [-0.3, -0.25) is 4.90 Å². The largest absolute Gasteiger partial charge is 0.481 e. The van der Waals surface area contributed by atoms with E-state index in [0.717, 1.165) is 49.9 Å². The van der Waals surface area contributed by atoms with Crippen LogP contribution in [0.3, 0.4) is 0 Å². The number of methoxy groups -OCH3 is 1. The van der Waals surface area contributed by atoms with Gasteiger partial charge < -0.3 is 15.0 Å². The van der Waals surface area contributed by atoms with Crippen LogP contribution in [-0.2, 0) is 13.6 Å². The van der Waals surface area contributed by atoms with Gasteiger partial charge in [-0.2, -0.15) is 5.10 Å². The van der Waals surface area contributed by atoms with Gasteiger partial charge >= 0.3 is 0 Å². The van der Waals surface area contributed by atoms with Gasteiger partial charge in [0.15, 0.2) is 0 Å². The number of ether oxygens (including phenoxy) is 1. The number of nitrogens with one attached hydrogen (secondary N) is 1. The van der Waals surface area contributed by atoms with Crippen LogP contribution >= 0.6 is 0 Å². The molecule has 0 saturated carbocycles. The molecule has 1 saturated heterocycles. The summed E-state index contributed by atoms with van der Waals surface area (Å²) in [7, 11) is 8.01. The minimum Gasteiger partial charge on any atom is -0.481 e. The van der Waals surface area contributed by atoms with E-state index < -0.39 is 0 Å². The van der Waals surface area contributed by atoms with E-state index in [2.05, 4.69) is 34.3 Å². The van der Waals surface area contributed by atoms with Crippen molar-refractivity contribution in [3.8, 4) is 5.88 Å². The van der Waals surface area contributed by atoms with E-state index in [-0.39, 0.29) is 0 Å². The fourth-order valence-electron chi connectivity index (χ4n) is 2.83. The number of nitrogens with zero attached hydrogens (tertiary/aromatic N) is 4. The molecule has 1 N–H and O–H groups in total. The minimum atomic E-state index is 0.566. The van der Waals surface area contributed by atoms with Gasteiger partial charge in [-0.1, -0.05) is 0 Å². The summed E-state index contributed by atoms with van der Waals surface area (Å²) in [4.78, 5) is 4.82. The second kappa shape index (κ2) is 6.56. The maximum Gasteiger partial charge on any atom is 0.216 e. The Labute approximate surface area is 121 Å². The van der Waals surface area contributed by atoms with Crippen LogP contribution in [0, 0.1) is 6.92 Å². The van der Waals surface area contributed by atoms with Crippen molar-refractivity contribution in [1.29, 1.82) is 0 Å². The molecule has 1 atom stereocenters. The lowest BCUT2D eigenvalue weighted by molar-refractivity contribution is 0.113. The van der Waals surface area contributed by atoms with E-state index in [1.165, 1.54) is 0 Å². The fourth-order valence-corrected chi connectivity index (χ4v) is 2.83. The average molecular weight is 281 g/mol. The first-order valence-corrected chi connectivity index (χ1v) is 7.19. The van der Waals surface area contributed by atoms with Gasteiger partial charge in [0.25, 0.3) is 0 Å². The Morgan fingerprint density at radius 2 is 2.05 bits per heavy atom. The number of likely N-dealkylation sites (N-methyl/N-ethyl adjacent to an activating group) is 2. The first-order chi connectivity index (χ1) is 9.52. The highest BCUT2D eigenvalue weighted by molar-refractivity contribution is 5.30. The maximum atomic E-state index is 5.42. The van der Waals surface area contributed by atoms with Crippen LogP contribution in [0.4, 0.5) is 0 Å². The Kier molecular flexibility index (Phi) is 5.01. The lowest BCUT2D eigenvalue weighted by atomic mass is 10.1. The zero-order valence-corrected chi connectivity index (χ0v) is 13.3. The first-order valence-electron chi connectivity index (χ1n) is 7.19. The van der Waals surface area contributed by atoms with E-state index in [4.69, 9.17) is 4.74 Å². The molecule has 1 aliphatic heterocycles. The van der Waals surface area contributed by atoms with E-state index in [1.807, 2.05) is 14.0 Å². The third-order valence-electron chi connectivity index (χ3n) is 4.14. The quantitative estimate of drug-likeness (QED) is 0.828. The summed E-state index contributed by atoms with van der Waals surface area (Å²) in [6.45, 7) is 7.22. The molecular formula is C14H27N5O. The summed E-state index contributed by atoms with van der Waals surface area (Å²) >= 11 is 0. The normalized spacial score (nSPS) is 21.4. The topological polar surface area (TPSA) is 45.6 Å². The van der Waals surface area contributed by atoms with Crippen LogP contribution in [0.15, 0.2) is 0 Å². The van der Waals surface area contributed by atoms with Gasteiger partial charge in [-0.15, -0.1) is 0 Å². The van der Waals surface area contributed by atoms with Crippen LogP contribution < -0.4 is 10.1 Å². The van der Waals surface area contributed by atoms with Crippen LogP contribution in [0.25, 0.3) is 0 Å². The van der Waals surface area contributed by atoms with E-state index in [0.29, 0.717) is 6.04 Å². The highest BCUT2D eigenvalue weighted by atomic mass is 16.5. The summed E-state index contributed by atoms with van der Waals surface area (Å²) in [6, 6.07) is 0.566. The molecule has 2 rings (SSSR count). The molecule has 0 aliphatic carbocycles. The Morgan fingerprint density at radius 3 is 2.75 bits per heavy atom. The molecule has 6 heteroatoms. The smallest absolute Gasteiger partial charge is 0.216 e. The molecule has 0 bridgehead atoms. The number of hydrogen-bond donors (Lipinski definition) is 1. The summed E-state index contributed by atoms with van der Waals surface area (Å²) in [5.74, 6) is 0.851.